The fourth-order valence-corrected chi connectivity index (χ4v) is 3.66. The minimum absolute atomic E-state index is 0.0615. The molecule has 1 aliphatic heterocycles. The van der Waals surface area contributed by atoms with Crippen molar-refractivity contribution in [3.05, 3.63) is 35.4 Å². The van der Waals surface area contributed by atoms with Gasteiger partial charge in [0.05, 0.1) is 0 Å². The van der Waals surface area contributed by atoms with Crippen molar-refractivity contribution in [2.75, 3.05) is 13.1 Å². The Balaban J connectivity index is 0.000000360. The van der Waals surface area contributed by atoms with Crippen LogP contribution in [0.25, 0.3) is 0 Å². The summed E-state index contributed by atoms with van der Waals surface area (Å²) in [7, 11) is 0. The molecule has 3 aliphatic rings. The van der Waals surface area contributed by atoms with Crippen LogP contribution in [0.15, 0.2) is 24.3 Å². The quantitative estimate of drug-likeness (QED) is 0.528. The average molecular weight is 455 g/mol. The number of halogens is 3. The number of hydrogen-bond acceptors (Lipinski definition) is 4. The summed E-state index contributed by atoms with van der Waals surface area (Å²) < 4.78 is 31.7. The van der Waals surface area contributed by atoms with Crippen LogP contribution in [0.4, 0.5) is 13.2 Å². The zero-order chi connectivity index (χ0) is 23.3. The van der Waals surface area contributed by atoms with Gasteiger partial charge in [0.1, 0.15) is 6.04 Å². The molecule has 2 saturated carbocycles. The normalized spacial score (nSPS) is 25.0. The molecule has 1 aromatic carbocycles. The highest BCUT2D eigenvalue weighted by Crippen LogP contribution is 2.41. The van der Waals surface area contributed by atoms with Crippen LogP contribution >= 0.6 is 0 Å². The molecule has 3 fully saturated rings. The molecule has 176 valence electrons. The fourth-order valence-electron chi connectivity index (χ4n) is 3.66. The fraction of sp³-hybridized carbons (Fsp3) is 0.591. The molecule has 10 heteroatoms. The highest BCUT2D eigenvalue weighted by atomic mass is 19.4. The first-order valence-electron chi connectivity index (χ1n) is 10.9. The summed E-state index contributed by atoms with van der Waals surface area (Å²) in [6, 6.07) is 8.04. The summed E-state index contributed by atoms with van der Waals surface area (Å²) in [5, 5.41) is 16.5. The van der Waals surface area contributed by atoms with Crippen molar-refractivity contribution in [3.8, 4) is 0 Å². The van der Waals surface area contributed by atoms with E-state index in [1.807, 2.05) is 18.2 Å². The smallest absolute Gasteiger partial charge is 0.475 e. The zero-order valence-corrected chi connectivity index (χ0v) is 17.6. The second-order valence-electron chi connectivity index (χ2n) is 8.54. The van der Waals surface area contributed by atoms with Gasteiger partial charge in [0.25, 0.3) is 5.91 Å². The molecule has 0 bridgehead atoms. The molecule has 32 heavy (non-hydrogen) atoms. The Hall–Kier alpha value is -2.62. The van der Waals surface area contributed by atoms with Crippen LogP contribution in [0.3, 0.4) is 0 Å². The van der Waals surface area contributed by atoms with Crippen molar-refractivity contribution < 1.29 is 32.7 Å². The van der Waals surface area contributed by atoms with E-state index in [0.29, 0.717) is 30.5 Å². The molecular formula is C22H28F3N3O4. The van der Waals surface area contributed by atoms with Crippen LogP contribution in [0.5, 0.6) is 0 Å². The number of carbonyl (C=O) groups excluding carboxylic acids is 2. The van der Waals surface area contributed by atoms with Gasteiger partial charge in [-0.05, 0) is 68.7 Å². The Morgan fingerprint density at radius 2 is 1.88 bits per heavy atom. The minimum atomic E-state index is -5.08. The first-order chi connectivity index (χ1) is 15.1. The van der Waals surface area contributed by atoms with Crippen LogP contribution in [-0.4, -0.2) is 54.2 Å². The number of benzene rings is 1. The second-order valence-corrected chi connectivity index (χ2v) is 8.54. The minimum Gasteiger partial charge on any atom is -0.475 e. The maximum absolute atomic E-state index is 12.6. The number of rotatable bonds is 6. The Morgan fingerprint density at radius 1 is 1.16 bits per heavy atom. The van der Waals surface area contributed by atoms with E-state index in [1.165, 1.54) is 18.4 Å². The highest BCUT2D eigenvalue weighted by molar-refractivity contribution is 5.97. The van der Waals surface area contributed by atoms with Gasteiger partial charge in [0.15, 0.2) is 0 Å². The lowest BCUT2D eigenvalue weighted by Crippen LogP contribution is -2.45. The van der Waals surface area contributed by atoms with Crippen molar-refractivity contribution in [1.29, 1.82) is 0 Å². The predicted molar refractivity (Wildman–Crippen MR) is 110 cm³/mol. The van der Waals surface area contributed by atoms with Crippen molar-refractivity contribution in [3.63, 3.8) is 0 Å². The maximum atomic E-state index is 12.6. The van der Waals surface area contributed by atoms with E-state index in [4.69, 9.17) is 9.90 Å². The molecule has 1 saturated heterocycles. The van der Waals surface area contributed by atoms with Gasteiger partial charge in [0.2, 0.25) is 5.91 Å². The summed E-state index contributed by atoms with van der Waals surface area (Å²) in [4.78, 5) is 33.5. The van der Waals surface area contributed by atoms with Gasteiger partial charge in [-0.1, -0.05) is 12.1 Å². The van der Waals surface area contributed by atoms with E-state index in [0.717, 1.165) is 31.7 Å². The molecular weight excluding hydrogens is 427 g/mol. The topological polar surface area (TPSA) is 108 Å². The Labute approximate surface area is 184 Å². The van der Waals surface area contributed by atoms with Crippen molar-refractivity contribution in [2.45, 2.75) is 62.7 Å². The number of aliphatic carboxylic acids is 1. The van der Waals surface area contributed by atoms with E-state index in [9.17, 15) is 22.8 Å². The third-order valence-corrected chi connectivity index (χ3v) is 5.82. The third-order valence-electron chi connectivity index (χ3n) is 5.82. The number of alkyl halides is 3. The Kier molecular flexibility index (Phi) is 7.76. The van der Waals surface area contributed by atoms with E-state index in [2.05, 4.69) is 22.0 Å². The zero-order valence-electron chi connectivity index (χ0n) is 17.6. The highest BCUT2D eigenvalue weighted by Gasteiger charge is 2.39. The number of hydrogen-bond donors (Lipinski definition) is 4. The molecule has 4 N–H and O–H groups in total. The van der Waals surface area contributed by atoms with Gasteiger partial charge < -0.3 is 21.1 Å². The van der Waals surface area contributed by atoms with Gasteiger partial charge in [-0.25, -0.2) is 4.79 Å². The number of amides is 2. The predicted octanol–water partition coefficient (Wildman–Crippen LogP) is 2.57. The van der Waals surface area contributed by atoms with Gasteiger partial charge >= 0.3 is 12.1 Å². The first kappa shape index (κ1) is 24.0. The SMILES string of the molecule is O=C(NC1CCCCNC1=O)c1cccc([C@@H]2C[C@H]2NCC2CC2)c1.O=C(O)C(F)(F)F. The standard InChI is InChI=1S/C20H27N3O2.C2HF3O2/c24-19(23-17-6-1-2-9-21-20(17)25)15-5-3-4-14(10-15)16-11-18(16)22-12-13-7-8-13;3-2(4,5)1(6)7/h3-5,10,13,16-18,22H,1-2,6-9,11-12H2,(H,21,25)(H,23,24);(H,6,7)/t16-,17?,18+;/m0./s1. The number of carboxylic acid groups (broad SMARTS) is 1. The van der Waals surface area contributed by atoms with E-state index >= 15 is 0 Å². The van der Waals surface area contributed by atoms with Gasteiger partial charge in [0, 0.05) is 24.1 Å². The molecule has 0 spiro atoms. The second kappa shape index (κ2) is 10.3. The molecule has 1 unspecified atom stereocenters. The molecule has 0 aromatic heterocycles. The van der Waals surface area contributed by atoms with Crippen molar-refractivity contribution in [2.24, 2.45) is 5.92 Å². The van der Waals surface area contributed by atoms with Crippen molar-refractivity contribution in [1.82, 2.24) is 16.0 Å². The maximum Gasteiger partial charge on any atom is 0.490 e. The van der Waals surface area contributed by atoms with Crippen LogP contribution in [0.2, 0.25) is 0 Å². The number of nitrogens with one attached hydrogen (secondary N) is 3. The number of carbonyl (C=O) groups is 3. The molecule has 2 amide bonds. The summed E-state index contributed by atoms with van der Waals surface area (Å²) in [5.41, 5.74) is 1.88. The Bertz CT molecular complexity index is 842. The summed E-state index contributed by atoms with van der Waals surface area (Å²) in [6.07, 6.45) is 1.46. The summed E-state index contributed by atoms with van der Waals surface area (Å²) in [5.74, 6) is -1.55. The molecule has 7 nitrogen and oxygen atoms in total. The van der Waals surface area contributed by atoms with Crippen molar-refractivity contribution >= 4 is 17.8 Å². The molecule has 1 aromatic rings. The lowest BCUT2D eigenvalue weighted by atomic mass is 10.1. The van der Waals surface area contributed by atoms with Gasteiger partial charge in [-0.3, -0.25) is 9.59 Å². The van der Waals surface area contributed by atoms with Crippen LogP contribution in [-0.2, 0) is 9.59 Å². The van der Waals surface area contributed by atoms with Crippen LogP contribution in [0.1, 0.15) is 60.4 Å². The monoisotopic (exact) mass is 455 g/mol. The number of carboxylic acids is 1. The van der Waals surface area contributed by atoms with E-state index in [1.54, 1.807) is 0 Å². The van der Waals surface area contributed by atoms with E-state index < -0.39 is 18.2 Å². The molecule has 4 rings (SSSR count). The van der Waals surface area contributed by atoms with Gasteiger partial charge in [-0.15, -0.1) is 0 Å². The summed E-state index contributed by atoms with van der Waals surface area (Å²) >= 11 is 0. The lowest BCUT2D eigenvalue weighted by molar-refractivity contribution is -0.192. The lowest BCUT2D eigenvalue weighted by Gasteiger charge is -2.15. The van der Waals surface area contributed by atoms with Gasteiger partial charge in [-0.2, -0.15) is 13.2 Å². The largest absolute Gasteiger partial charge is 0.490 e. The molecule has 2 aliphatic carbocycles. The average Bonchev–Trinajstić information content (AvgIpc) is 3.63. The molecule has 0 radical (unpaired) electrons. The Morgan fingerprint density at radius 3 is 2.53 bits per heavy atom. The summed E-state index contributed by atoms with van der Waals surface area (Å²) in [6.45, 7) is 1.84. The van der Waals surface area contributed by atoms with Crippen LogP contribution < -0.4 is 16.0 Å². The third kappa shape index (κ3) is 7.22. The van der Waals surface area contributed by atoms with E-state index in [-0.39, 0.29) is 11.8 Å². The molecule has 3 atom stereocenters. The first-order valence-corrected chi connectivity index (χ1v) is 10.9. The molecule has 1 heterocycles. The van der Waals surface area contributed by atoms with Crippen LogP contribution in [0, 0.1) is 5.92 Å².